The van der Waals surface area contributed by atoms with Crippen molar-refractivity contribution in [2.75, 3.05) is 0 Å². The molecule has 0 radical (unpaired) electrons. The van der Waals surface area contributed by atoms with Gasteiger partial charge in [0.25, 0.3) is 0 Å². The van der Waals surface area contributed by atoms with E-state index in [9.17, 15) is 19.5 Å². The molecular weight excluding hydrogens is 452 g/mol. The van der Waals surface area contributed by atoms with E-state index in [0.717, 1.165) is 16.7 Å². The van der Waals surface area contributed by atoms with Crippen molar-refractivity contribution in [1.29, 1.82) is 0 Å². The third-order valence-corrected chi connectivity index (χ3v) is 9.28. The summed E-state index contributed by atoms with van der Waals surface area (Å²) in [6, 6.07) is 0. The molecule has 5 heteroatoms. The lowest BCUT2D eigenvalue weighted by molar-refractivity contribution is -0.314. The first kappa shape index (κ1) is 28.7. The number of aliphatic hydroxyl groups is 1. The summed E-state index contributed by atoms with van der Waals surface area (Å²) in [5, 5.41) is 12.5. The van der Waals surface area contributed by atoms with Crippen molar-refractivity contribution in [3.63, 3.8) is 0 Å². The van der Waals surface area contributed by atoms with E-state index in [2.05, 4.69) is 12.2 Å². The highest BCUT2D eigenvalue weighted by atomic mass is 16.7. The molecule has 2 aliphatic heterocycles. The Kier molecular flexibility index (Phi) is 7.31. The van der Waals surface area contributed by atoms with Gasteiger partial charge in [-0.15, -0.1) is 0 Å². The van der Waals surface area contributed by atoms with Crippen molar-refractivity contribution in [2.24, 2.45) is 28.1 Å². The van der Waals surface area contributed by atoms with E-state index in [1.807, 2.05) is 54.5 Å². The number of Topliss-reactive ketones (excluding diaryl/α,β-unsaturated/α-hetero) is 3. The van der Waals surface area contributed by atoms with Gasteiger partial charge in [-0.05, 0) is 85.5 Å². The second-order valence-electron chi connectivity index (χ2n) is 13.0. The second-order valence-corrected chi connectivity index (χ2v) is 13.0. The molecule has 1 unspecified atom stereocenters. The number of hydrogen-bond acceptors (Lipinski definition) is 5. The van der Waals surface area contributed by atoms with Gasteiger partial charge >= 0.3 is 0 Å². The summed E-state index contributed by atoms with van der Waals surface area (Å²) in [6.45, 7) is 19.2. The molecule has 3 fully saturated rings. The molecule has 1 saturated carbocycles. The first-order chi connectivity index (χ1) is 16.5. The zero-order valence-corrected chi connectivity index (χ0v) is 24.0. The van der Waals surface area contributed by atoms with Gasteiger partial charge in [-0.25, -0.2) is 0 Å². The number of carbonyl (C=O) groups excluding carboxylic acids is 3. The van der Waals surface area contributed by atoms with Gasteiger partial charge in [0.15, 0.2) is 34.2 Å². The molecule has 2 saturated heterocycles. The zero-order valence-electron chi connectivity index (χ0n) is 24.0. The monoisotopic (exact) mass is 498 g/mol. The molecule has 200 valence electrons. The van der Waals surface area contributed by atoms with Gasteiger partial charge in [-0.1, -0.05) is 55.7 Å². The second kappa shape index (κ2) is 9.16. The number of allylic oxidation sites excluding steroid dienone is 5. The number of ketones is 3. The fourth-order valence-electron chi connectivity index (χ4n) is 7.35. The molecule has 5 nitrogen and oxygen atoms in total. The van der Waals surface area contributed by atoms with Crippen molar-refractivity contribution >= 4 is 17.3 Å². The van der Waals surface area contributed by atoms with Gasteiger partial charge in [0.1, 0.15) is 0 Å². The number of rotatable bonds is 9. The Morgan fingerprint density at radius 1 is 0.972 bits per heavy atom. The van der Waals surface area contributed by atoms with E-state index in [4.69, 9.17) is 4.74 Å². The standard InChI is InChI=1S/C31H46O5/c1-19(2)12-11-16-27(9)23(14-13-20(3)4)18-28(10)25(33)29(17-15-21(5)6)26(34)30(27,24(32)22(7)8)31(28,35)36-29/h12-13,15,22-23,35H,11,14,16-18H2,1-10H3/t23-,27+,28?,29+,30+,31-/m0/s1. The predicted molar refractivity (Wildman–Crippen MR) is 142 cm³/mol. The Hall–Kier alpha value is -1.85. The van der Waals surface area contributed by atoms with Crippen molar-refractivity contribution in [3.8, 4) is 0 Å². The summed E-state index contributed by atoms with van der Waals surface area (Å²) in [7, 11) is 0. The maximum atomic E-state index is 14.7. The smallest absolute Gasteiger partial charge is 0.200 e. The Labute approximate surface area is 217 Å². The van der Waals surface area contributed by atoms with Crippen molar-refractivity contribution in [2.45, 2.75) is 113 Å². The Balaban J connectivity index is 2.39. The third kappa shape index (κ3) is 3.52. The summed E-state index contributed by atoms with van der Waals surface area (Å²) in [4.78, 5) is 43.2. The molecule has 0 amide bonds. The molecule has 6 atom stereocenters. The topological polar surface area (TPSA) is 80.7 Å². The van der Waals surface area contributed by atoms with Crippen LogP contribution in [0.3, 0.4) is 0 Å². The van der Waals surface area contributed by atoms with Crippen LogP contribution in [0.15, 0.2) is 34.9 Å². The third-order valence-electron chi connectivity index (χ3n) is 9.28. The minimum atomic E-state index is -2.17. The van der Waals surface area contributed by atoms with Gasteiger partial charge in [0, 0.05) is 12.3 Å². The first-order valence-corrected chi connectivity index (χ1v) is 13.4. The van der Waals surface area contributed by atoms with Crippen LogP contribution in [0, 0.1) is 28.1 Å². The molecule has 0 spiro atoms. The van der Waals surface area contributed by atoms with Crippen LogP contribution in [0.2, 0.25) is 0 Å². The molecule has 0 aromatic heterocycles. The molecule has 3 rings (SSSR count). The normalized spacial score (nSPS) is 38.8. The largest absolute Gasteiger partial charge is 0.363 e. The summed E-state index contributed by atoms with van der Waals surface area (Å²) < 4.78 is 6.32. The molecular formula is C31H46O5. The highest BCUT2D eigenvalue weighted by Crippen LogP contribution is 2.77. The molecule has 0 aromatic carbocycles. The number of ether oxygens (including phenoxy) is 1. The van der Waals surface area contributed by atoms with Crippen LogP contribution in [0.5, 0.6) is 0 Å². The van der Waals surface area contributed by atoms with Crippen molar-refractivity contribution in [1.82, 2.24) is 0 Å². The van der Waals surface area contributed by atoms with Gasteiger partial charge in [-0.2, -0.15) is 0 Å². The van der Waals surface area contributed by atoms with Crippen LogP contribution in [0.4, 0.5) is 0 Å². The highest BCUT2D eigenvalue weighted by Gasteiger charge is 2.93. The Bertz CT molecular complexity index is 1050. The molecule has 3 aliphatic rings. The van der Waals surface area contributed by atoms with Crippen LogP contribution >= 0.6 is 0 Å². The van der Waals surface area contributed by atoms with Gasteiger partial charge in [0.2, 0.25) is 0 Å². The molecule has 1 N–H and O–H groups in total. The summed E-state index contributed by atoms with van der Waals surface area (Å²) in [5.41, 5.74) is -2.65. The Morgan fingerprint density at radius 3 is 2.03 bits per heavy atom. The lowest BCUT2D eigenvalue weighted by atomic mass is 9.36. The van der Waals surface area contributed by atoms with E-state index in [1.54, 1.807) is 20.8 Å². The predicted octanol–water partition coefficient (Wildman–Crippen LogP) is 6.30. The summed E-state index contributed by atoms with van der Waals surface area (Å²) >= 11 is 0. The van der Waals surface area contributed by atoms with E-state index in [-0.39, 0.29) is 23.9 Å². The van der Waals surface area contributed by atoms with Crippen LogP contribution < -0.4 is 0 Å². The quantitative estimate of drug-likeness (QED) is 0.298. The lowest BCUT2D eigenvalue weighted by Gasteiger charge is -2.64. The fourth-order valence-corrected chi connectivity index (χ4v) is 7.35. The van der Waals surface area contributed by atoms with E-state index in [1.165, 1.54) is 0 Å². The molecule has 1 aliphatic carbocycles. The van der Waals surface area contributed by atoms with E-state index in [0.29, 0.717) is 25.7 Å². The van der Waals surface area contributed by atoms with Crippen LogP contribution in [-0.4, -0.2) is 33.8 Å². The summed E-state index contributed by atoms with van der Waals surface area (Å²) in [6.07, 6.45) is 8.33. The minimum absolute atomic E-state index is 0.0424. The average molecular weight is 499 g/mol. The molecule has 2 bridgehead atoms. The molecule has 2 heterocycles. The van der Waals surface area contributed by atoms with Crippen molar-refractivity contribution in [3.05, 3.63) is 34.9 Å². The first-order valence-electron chi connectivity index (χ1n) is 13.4. The van der Waals surface area contributed by atoms with E-state index < -0.39 is 39.3 Å². The van der Waals surface area contributed by atoms with Gasteiger partial charge in [0.05, 0.1) is 5.41 Å². The fraction of sp³-hybridized carbons (Fsp3) is 0.710. The van der Waals surface area contributed by atoms with Crippen LogP contribution in [0.25, 0.3) is 0 Å². The molecule has 36 heavy (non-hydrogen) atoms. The SMILES string of the molecule is CC(C)=CCC[C@]1(C)[C@@H](CC=C(C)C)CC2(C)C(=O)[C@@]3(CC=C(C)C)O[C@]2(O)[C@]1(C(=O)C(C)C)C3=O. The zero-order chi connectivity index (χ0) is 27.5. The number of carbonyl (C=O) groups is 3. The van der Waals surface area contributed by atoms with E-state index >= 15 is 0 Å². The minimum Gasteiger partial charge on any atom is -0.363 e. The molecule has 0 aromatic rings. The lowest BCUT2D eigenvalue weighted by Crippen LogP contribution is -2.78. The number of hydrogen-bond donors (Lipinski definition) is 1. The number of fused-ring (bicyclic) bond motifs is 1. The van der Waals surface area contributed by atoms with Gasteiger partial charge in [-0.3, -0.25) is 14.4 Å². The van der Waals surface area contributed by atoms with Gasteiger partial charge < -0.3 is 9.84 Å². The maximum Gasteiger partial charge on any atom is 0.200 e. The average Bonchev–Trinajstić information content (AvgIpc) is 3.09. The van der Waals surface area contributed by atoms with Crippen LogP contribution in [0.1, 0.15) is 101 Å². The van der Waals surface area contributed by atoms with Crippen molar-refractivity contribution < 1.29 is 24.2 Å². The van der Waals surface area contributed by atoms with Crippen LogP contribution in [-0.2, 0) is 19.1 Å². The maximum absolute atomic E-state index is 14.7. The highest BCUT2D eigenvalue weighted by molar-refractivity contribution is 6.28. The Morgan fingerprint density at radius 2 is 1.53 bits per heavy atom. The summed E-state index contributed by atoms with van der Waals surface area (Å²) in [5.74, 6) is -4.05.